The molecule has 0 aromatic heterocycles. The number of hydrogen-bond donors (Lipinski definition) is 0. The van der Waals surface area contributed by atoms with E-state index in [-0.39, 0.29) is 6.10 Å². The molecule has 0 saturated carbocycles. The number of rotatable bonds is 1. The molecule has 0 spiro atoms. The van der Waals surface area contributed by atoms with Crippen molar-refractivity contribution in [1.29, 1.82) is 0 Å². The van der Waals surface area contributed by atoms with Gasteiger partial charge in [0.15, 0.2) is 0 Å². The van der Waals surface area contributed by atoms with E-state index in [0.29, 0.717) is 13.0 Å². The highest BCUT2D eigenvalue weighted by Gasteiger charge is 2.34. The lowest BCUT2D eigenvalue weighted by atomic mass is 10.3. The van der Waals surface area contributed by atoms with Crippen LogP contribution in [0.25, 0.3) is 0 Å². The van der Waals surface area contributed by atoms with Crippen LogP contribution in [0.3, 0.4) is 0 Å². The summed E-state index contributed by atoms with van der Waals surface area (Å²) in [5, 5.41) is 0. The lowest BCUT2D eigenvalue weighted by Crippen LogP contribution is -2.23. The first kappa shape index (κ1) is 7.59. The van der Waals surface area contributed by atoms with E-state index < -0.39 is 5.79 Å². The standard InChI is InChI=1S/C8H10O2/c1-4-7-6-9-8(3,5-2)10-7/h1-2,7H,4,6H2,3H3. The molecule has 1 rings (SSSR count). The summed E-state index contributed by atoms with van der Waals surface area (Å²) in [7, 11) is 0. The van der Waals surface area contributed by atoms with Gasteiger partial charge in [-0.15, -0.1) is 6.42 Å². The minimum Gasteiger partial charge on any atom is -0.337 e. The van der Waals surface area contributed by atoms with Crippen LogP contribution in [0.4, 0.5) is 0 Å². The van der Waals surface area contributed by atoms with Crippen LogP contribution in [0.5, 0.6) is 0 Å². The van der Waals surface area contributed by atoms with Crippen LogP contribution >= 0.6 is 0 Å². The molecule has 0 aromatic carbocycles. The molecule has 2 heteroatoms. The van der Waals surface area contributed by atoms with Gasteiger partial charge in [0, 0.05) is 6.92 Å². The molecule has 2 atom stereocenters. The molecule has 1 aliphatic heterocycles. The first-order valence-electron chi connectivity index (χ1n) is 3.20. The van der Waals surface area contributed by atoms with E-state index in [4.69, 9.17) is 22.8 Å². The second-order valence-corrected chi connectivity index (χ2v) is 2.38. The minimum absolute atomic E-state index is 0.0407. The smallest absolute Gasteiger partial charge is 0.230 e. The fourth-order valence-electron chi connectivity index (χ4n) is 0.830. The van der Waals surface area contributed by atoms with Crippen molar-refractivity contribution in [2.24, 2.45) is 0 Å². The second-order valence-electron chi connectivity index (χ2n) is 2.38. The topological polar surface area (TPSA) is 18.5 Å². The minimum atomic E-state index is -0.843. The second kappa shape index (κ2) is 2.61. The summed E-state index contributed by atoms with van der Waals surface area (Å²) in [5.41, 5.74) is 0. The Labute approximate surface area is 61.5 Å². The summed E-state index contributed by atoms with van der Waals surface area (Å²) in [6.07, 6.45) is 5.56. The quantitative estimate of drug-likeness (QED) is 0.500. The summed E-state index contributed by atoms with van der Waals surface area (Å²) in [6, 6.07) is 0. The molecule has 1 heterocycles. The maximum absolute atomic E-state index is 5.34. The predicted molar refractivity (Wildman–Crippen MR) is 37.0 cm³/mol. The van der Waals surface area contributed by atoms with E-state index in [0.717, 1.165) is 0 Å². The summed E-state index contributed by atoms with van der Waals surface area (Å²) in [5.74, 6) is 1.56. The molecular formula is C8H10O2. The Kier molecular flexibility index (Phi) is 1.98. The van der Waals surface area contributed by atoms with Crippen molar-refractivity contribution < 1.29 is 9.47 Å². The van der Waals surface area contributed by atoms with Gasteiger partial charge in [0.25, 0.3) is 0 Å². The first-order chi connectivity index (χ1) is 4.70. The average Bonchev–Trinajstić information content (AvgIpc) is 2.33. The van der Waals surface area contributed by atoms with Crippen LogP contribution in [0.1, 0.15) is 13.3 Å². The lowest BCUT2D eigenvalue weighted by Gasteiger charge is -2.14. The third-order valence-electron chi connectivity index (χ3n) is 1.46. The largest absolute Gasteiger partial charge is 0.337 e. The molecule has 0 aliphatic carbocycles. The van der Waals surface area contributed by atoms with Gasteiger partial charge < -0.3 is 9.47 Å². The van der Waals surface area contributed by atoms with Crippen molar-refractivity contribution >= 4 is 0 Å². The van der Waals surface area contributed by atoms with Crippen molar-refractivity contribution in [2.45, 2.75) is 25.2 Å². The van der Waals surface area contributed by atoms with Gasteiger partial charge in [0.1, 0.15) is 0 Å². The van der Waals surface area contributed by atoms with Gasteiger partial charge in [0.05, 0.1) is 12.7 Å². The maximum atomic E-state index is 5.34. The molecule has 1 saturated heterocycles. The Morgan fingerprint density at radius 1 is 1.80 bits per heavy atom. The van der Waals surface area contributed by atoms with Gasteiger partial charge in [-0.2, -0.15) is 0 Å². The Hall–Kier alpha value is -0.520. The van der Waals surface area contributed by atoms with Crippen molar-refractivity contribution in [2.75, 3.05) is 6.61 Å². The van der Waals surface area contributed by atoms with Crippen molar-refractivity contribution in [3.8, 4) is 12.3 Å². The fraction of sp³-hybridized carbons (Fsp3) is 0.625. The van der Waals surface area contributed by atoms with Gasteiger partial charge in [-0.1, -0.05) is 0 Å². The van der Waals surface area contributed by atoms with Gasteiger partial charge in [-0.3, -0.25) is 0 Å². The third-order valence-corrected chi connectivity index (χ3v) is 1.46. The van der Waals surface area contributed by atoms with E-state index in [1.807, 2.05) is 0 Å². The third kappa shape index (κ3) is 1.31. The Bertz CT molecular complexity index is 159. The van der Waals surface area contributed by atoms with Gasteiger partial charge >= 0.3 is 0 Å². The van der Waals surface area contributed by atoms with Gasteiger partial charge in [0.2, 0.25) is 5.79 Å². The maximum Gasteiger partial charge on any atom is 0.230 e. The predicted octanol–water partition coefficient (Wildman–Crippen LogP) is 0.852. The van der Waals surface area contributed by atoms with Gasteiger partial charge in [-0.25, -0.2) is 0 Å². The fourth-order valence-corrected chi connectivity index (χ4v) is 0.830. The summed E-state index contributed by atoms with van der Waals surface area (Å²) >= 11 is 0. The molecule has 2 nitrogen and oxygen atoms in total. The highest BCUT2D eigenvalue weighted by molar-refractivity contribution is 5.02. The van der Waals surface area contributed by atoms with E-state index in [1.54, 1.807) is 6.92 Å². The lowest BCUT2D eigenvalue weighted by molar-refractivity contribution is -0.104. The van der Waals surface area contributed by atoms with Crippen LogP contribution in [0.2, 0.25) is 0 Å². The summed E-state index contributed by atoms with van der Waals surface area (Å²) in [6.45, 7) is 7.54. The molecule has 54 valence electrons. The van der Waals surface area contributed by atoms with E-state index in [9.17, 15) is 0 Å². The van der Waals surface area contributed by atoms with E-state index in [2.05, 4.69) is 5.92 Å². The van der Waals surface area contributed by atoms with Crippen molar-refractivity contribution in [1.82, 2.24) is 0 Å². The normalized spacial score (nSPS) is 39.5. The molecule has 2 radical (unpaired) electrons. The zero-order valence-electron chi connectivity index (χ0n) is 5.96. The summed E-state index contributed by atoms with van der Waals surface area (Å²) < 4.78 is 10.4. The van der Waals surface area contributed by atoms with Crippen LogP contribution in [0, 0.1) is 19.3 Å². The highest BCUT2D eigenvalue weighted by atomic mass is 16.7. The molecule has 1 fully saturated rings. The monoisotopic (exact) mass is 138 g/mol. The van der Waals surface area contributed by atoms with Crippen molar-refractivity contribution in [3.63, 3.8) is 0 Å². The number of ether oxygens (including phenoxy) is 2. The molecule has 10 heavy (non-hydrogen) atoms. The van der Waals surface area contributed by atoms with Gasteiger partial charge in [-0.05, 0) is 19.3 Å². The molecule has 1 aliphatic rings. The highest BCUT2D eigenvalue weighted by Crippen LogP contribution is 2.23. The zero-order valence-corrected chi connectivity index (χ0v) is 5.96. The average molecular weight is 138 g/mol. The molecule has 0 N–H and O–H groups in total. The van der Waals surface area contributed by atoms with E-state index >= 15 is 0 Å². The number of terminal acetylenes is 1. The van der Waals surface area contributed by atoms with Crippen LogP contribution in [0.15, 0.2) is 0 Å². The summed E-state index contributed by atoms with van der Waals surface area (Å²) in [4.78, 5) is 0. The van der Waals surface area contributed by atoms with Crippen LogP contribution in [-0.4, -0.2) is 18.5 Å². The van der Waals surface area contributed by atoms with Crippen molar-refractivity contribution in [3.05, 3.63) is 6.92 Å². The Morgan fingerprint density at radius 3 is 2.80 bits per heavy atom. The molecule has 0 aromatic rings. The molecule has 0 amide bonds. The molecule has 0 bridgehead atoms. The molecule has 2 unspecified atom stereocenters. The number of hydrogen-bond acceptors (Lipinski definition) is 2. The van der Waals surface area contributed by atoms with Crippen LogP contribution in [-0.2, 0) is 9.47 Å². The van der Waals surface area contributed by atoms with Crippen LogP contribution < -0.4 is 0 Å². The molecular weight excluding hydrogens is 128 g/mol. The van der Waals surface area contributed by atoms with E-state index in [1.165, 1.54) is 0 Å². The Balaban J connectivity index is 2.51. The zero-order chi connectivity index (χ0) is 7.61. The first-order valence-corrected chi connectivity index (χ1v) is 3.20. The Morgan fingerprint density at radius 2 is 2.50 bits per heavy atom. The SMILES string of the molecule is [CH]CC1COC(C)(C#C)O1.